The quantitative estimate of drug-likeness (QED) is 0.0489. The summed E-state index contributed by atoms with van der Waals surface area (Å²) in [6.07, 6.45) is 19.0. The zero-order chi connectivity index (χ0) is 37.8. The van der Waals surface area contributed by atoms with Crippen molar-refractivity contribution in [3.05, 3.63) is 0 Å². The van der Waals surface area contributed by atoms with E-state index in [1.165, 1.54) is 7.11 Å². The number of amides is 1. The van der Waals surface area contributed by atoms with Crippen LogP contribution in [0.15, 0.2) is 0 Å². The normalized spacial score (nSPS) is 11.5. The monoisotopic (exact) mass is 726 g/mol. The number of hydrogen-bond acceptors (Lipinski definition) is 9. The molecular formula is C41H75NO9. The summed E-state index contributed by atoms with van der Waals surface area (Å²) in [7, 11) is 1.42. The Balaban J connectivity index is 5.26. The van der Waals surface area contributed by atoms with E-state index >= 15 is 0 Å². The molecular weight excluding hydrogens is 650 g/mol. The molecule has 0 radical (unpaired) electrons. The third-order valence-electron chi connectivity index (χ3n) is 9.11. The molecule has 0 spiro atoms. The van der Waals surface area contributed by atoms with E-state index in [0.717, 1.165) is 103 Å². The fourth-order valence-electron chi connectivity index (χ4n) is 5.83. The summed E-state index contributed by atoms with van der Waals surface area (Å²) in [5.74, 6) is 0.238. The summed E-state index contributed by atoms with van der Waals surface area (Å²) >= 11 is 0. The SMILES string of the molecule is CCCCCC(=O)CCOCC(COCCC(=O)CCCCC)(COCCC(=O)NCCCC)CC(=O)CCCCCCCCCCC(=O)OC. The Morgan fingerprint density at radius 3 is 1.35 bits per heavy atom. The molecule has 0 aromatic rings. The van der Waals surface area contributed by atoms with Crippen LogP contribution in [0.5, 0.6) is 0 Å². The lowest BCUT2D eigenvalue weighted by molar-refractivity contribution is -0.140. The predicted molar refractivity (Wildman–Crippen MR) is 203 cm³/mol. The molecule has 10 heteroatoms. The smallest absolute Gasteiger partial charge is 0.305 e. The number of methoxy groups -OCH3 is 1. The third kappa shape index (κ3) is 31.1. The molecule has 0 aromatic carbocycles. The Morgan fingerprint density at radius 1 is 0.471 bits per heavy atom. The largest absolute Gasteiger partial charge is 0.469 e. The second-order valence-electron chi connectivity index (χ2n) is 14.2. The zero-order valence-corrected chi connectivity index (χ0v) is 33.1. The minimum atomic E-state index is -0.795. The maximum atomic E-state index is 13.4. The average Bonchev–Trinajstić information content (AvgIpc) is 3.11. The predicted octanol–water partition coefficient (Wildman–Crippen LogP) is 8.44. The first-order chi connectivity index (χ1) is 24.7. The van der Waals surface area contributed by atoms with E-state index < -0.39 is 5.41 Å². The average molecular weight is 726 g/mol. The molecule has 1 amide bonds. The molecule has 0 saturated heterocycles. The molecule has 0 atom stereocenters. The molecule has 0 bridgehead atoms. The van der Waals surface area contributed by atoms with Gasteiger partial charge in [-0.3, -0.25) is 24.0 Å². The van der Waals surface area contributed by atoms with Gasteiger partial charge in [-0.25, -0.2) is 0 Å². The summed E-state index contributed by atoms with van der Waals surface area (Å²) in [4.78, 5) is 61.7. The van der Waals surface area contributed by atoms with Crippen LogP contribution in [0.4, 0.5) is 0 Å². The Morgan fingerprint density at radius 2 is 0.882 bits per heavy atom. The molecule has 0 heterocycles. The number of carbonyl (C=O) groups excluding carboxylic acids is 5. The summed E-state index contributed by atoms with van der Waals surface area (Å²) in [6.45, 7) is 8.21. The highest BCUT2D eigenvalue weighted by Crippen LogP contribution is 2.27. The van der Waals surface area contributed by atoms with Crippen LogP contribution in [0, 0.1) is 5.41 Å². The van der Waals surface area contributed by atoms with Crippen molar-refractivity contribution in [1.29, 1.82) is 0 Å². The molecule has 10 nitrogen and oxygen atoms in total. The number of rotatable bonds is 39. The van der Waals surface area contributed by atoms with Crippen molar-refractivity contribution < 1.29 is 42.9 Å². The van der Waals surface area contributed by atoms with Crippen molar-refractivity contribution in [2.45, 2.75) is 175 Å². The van der Waals surface area contributed by atoms with Gasteiger partial charge < -0.3 is 24.3 Å². The van der Waals surface area contributed by atoms with E-state index in [2.05, 4.69) is 30.8 Å². The van der Waals surface area contributed by atoms with Gasteiger partial charge in [-0.15, -0.1) is 0 Å². The van der Waals surface area contributed by atoms with E-state index in [9.17, 15) is 24.0 Å². The molecule has 0 rings (SSSR count). The van der Waals surface area contributed by atoms with Crippen LogP contribution in [-0.2, 0) is 42.9 Å². The van der Waals surface area contributed by atoms with Gasteiger partial charge in [0.2, 0.25) is 5.91 Å². The summed E-state index contributed by atoms with van der Waals surface area (Å²) in [5, 5.41) is 2.91. The van der Waals surface area contributed by atoms with Gasteiger partial charge in [0.05, 0.1) is 46.8 Å². The highest BCUT2D eigenvalue weighted by atomic mass is 16.5. The van der Waals surface area contributed by atoms with Gasteiger partial charge in [-0.05, 0) is 32.1 Å². The number of hydrogen-bond donors (Lipinski definition) is 1. The topological polar surface area (TPSA) is 134 Å². The summed E-state index contributed by atoms with van der Waals surface area (Å²) < 4.78 is 22.9. The number of ketones is 3. The van der Waals surface area contributed by atoms with Crippen LogP contribution >= 0.6 is 0 Å². The number of unbranched alkanes of at least 4 members (excludes halogenated alkanes) is 12. The van der Waals surface area contributed by atoms with Gasteiger partial charge in [0.25, 0.3) is 0 Å². The molecule has 1 N–H and O–H groups in total. The minimum Gasteiger partial charge on any atom is -0.469 e. The lowest BCUT2D eigenvalue weighted by atomic mass is 9.83. The highest BCUT2D eigenvalue weighted by Gasteiger charge is 2.34. The Bertz CT molecular complexity index is 833. The first kappa shape index (κ1) is 48.8. The molecule has 0 aromatic heterocycles. The number of esters is 1. The van der Waals surface area contributed by atoms with Crippen LogP contribution in [0.1, 0.15) is 175 Å². The van der Waals surface area contributed by atoms with Crippen LogP contribution in [0.25, 0.3) is 0 Å². The standard InChI is InChI=1S/C41H75NO9/c1-5-8-17-21-36(43)25-29-49-33-41(34-50-30-26-37(44)22-18-9-6-2,35-51-31-27-39(46)42-28-10-7-3)32-38(45)23-19-15-13-11-12-14-16-20-24-40(47)48-4/h5-35H2,1-4H3,(H,42,46). The molecule has 0 unspecified atom stereocenters. The van der Waals surface area contributed by atoms with Crippen LogP contribution < -0.4 is 5.32 Å². The zero-order valence-electron chi connectivity index (χ0n) is 33.1. The van der Waals surface area contributed by atoms with E-state index in [1.807, 2.05) is 0 Å². The molecule has 0 saturated carbocycles. The van der Waals surface area contributed by atoms with E-state index in [-0.39, 0.29) is 81.7 Å². The highest BCUT2D eigenvalue weighted by molar-refractivity contribution is 5.79. The van der Waals surface area contributed by atoms with Crippen molar-refractivity contribution in [2.24, 2.45) is 5.41 Å². The van der Waals surface area contributed by atoms with Crippen molar-refractivity contribution in [2.75, 3.05) is 53.3 Å². The van der Waals surface area contributed by atoms with Crippen molar-refractivity contribution >= 4 is 29.2 Å². The molecule has 0 fully saturated rings. The van der Waals surface area contributed by atoms with Crippen molar-refractivity contribution in [3.8, 4) is 0 Å². The maximum Gasteiger partial charge on any atom is 0.305 e. The fourth-order valence-corrected chi connectivity index (χ4v) is 5.83. The Labute approximate surface area is 310 Å². The summed E-state index contributed by atoms with van der Waals surface area (Å²) in [5.41, 5.74) is -0.795. The fraction of sp³-hybridized carbons (Fsp3) is 0.878. The summed E-state index contributed by atoms with van der Waals surface area (Å²) in [6, 6.07) is 0. The van der Waals surface area contributed by atoms with Crippen molar-refractivity contribution in [3.63, 3.8) is 0 Å². The lowest BCUT2D eigenvalue weighted by Gasteiger charge is -2.33. The van der Waals surface area contributed by atoms with Gasteiger partial charge in [0.15, 0.2) is 0 Å². The Kier molecular flexibility index (Phi) is 33.4. The molecule has 298 valence electrons. The maximum absolute atomic E-state index is 13.4. The van der Waals surface area contributed by atoms with Crippen LogP contribution in [0.3, 0.4) is 0 Å². The van der Waals surface area contributed by atoms with Gasteiger partial charge in [-0.2, -0.15) is 0 Å². The van der Waals surface area contributed by atoms with Crippen molar-refractivity contribution in [1.82, 2.24) is 5.32 Å². The van der Waals surface area contributed by atoms with Gasteiger partial charge >= 0.3 is 5.97 Å². The van der Waals surface area contributed by atoms with Crippen LogP contribution in [0.2, 0.25) is 0 Å². The van der Waals surface area contributed by atoms with E-state index in [1.54, 1.807) is 0 Å². The number of ether oxygens (including phenoxy) is 4. The lowest BCUT2D eigenvalue weighted by Crippen LogP contribution is -2.40. The first-order valence-electron chi connectivity index (χ1n) is 20.3. The Hall–Kier alpha value is -2.17. The number of carbonyl (C=O) groups is 5. The molecule has 0 aliphatic heterocycles. The number of nitrogens with one attached hydrogen (secondary N) is 1. The number of Topliss-reactive ketones (excluding diaryl/α,β-unsaturated/α-hetero) is 3. The second-order valence-corrected chi connectivity index (χ2v) is 14.2. The minimum absolute atomic E-state index is 0.0676. The third-order valence-corrected chi connectivity index (χ3v) is 9.11. The molecule has 0 aliphatic rings. The van der Waals surface area contributed by atoms with E-state index in [0.29, 0.717) is 45.1 Å². The second kappa shape index (κ2) is 34.9. The first-order valence-corrected chi connectivity index (χ1v) is 20.3. The van der Waals surface area contributed by atoms with Gasteiger partial charge in [-0.1, -0.05) is 91.4 Å². The van der Waals surface area contributed by atoms with Crippen LogP contribution in [-0.4, -0.2) is 82.5 Å². The van der Waals surface area contributed by atoms with Gasteiger partial charge in [0, 0.05) is 63.3 Å². The molecule has 0 aliphatic carbocycles. The van der Waals surface area contributed by atoms with Gasteiger partial charge in [0.1, 0.15) is 17.3 Å². The molecule has 51 heavy (non-hydrogen) atoms. The van der Waals surface area contributed by atoms with E-state index in [4.69, 9.17) is 14.2 Å².